The van der Waals surface area contributed by atoms with Gasteiger partial charge in [0.1, 0.15) is 28.8 Å². The van der Waals surface area contributed by atoms with Crippen molar-refractivity contribution in [2.75, 3.05) is 18.9 Å². The summed E-state index contributed by atoms with van der Waals surface area (Å²) in [5.41, 5.74) is 2.15. The van der Waals surface area contributed by atoms with E-state index in [1.165, 1.54) is 22.9 Å². The molecule has 224 valence electrons. The van der Waals surface area contributed by atoms with E-state index in [4.69, 9.17) is 6.57 Å². The average Bonchev–Trinajstić information content (AvgIpc) is 3.69. The molecule has 0 radical (unpaired) electrons. The van der Waals surface area contributed by atoms with Crippen LogP contribution in [0.2, 0.25) is 0 Å². The lowest BCUT2D eigenvalue weighted by Crippen LogP contribution is -2.51. The Bertz CT molecular complexity index is 1850. The maximum atomic E-state index is 14.4. The molecular weight excluding hydrogens is 566 g/mol. The van der Waals surface area contributed by atoms with E-state index < -0.39 is 41.1 Å². The van der Waals surface area contributed by atoms with Crippen LogP contribution in [0.4, 0.5) is 14.5 Å². The van der Waals surface area contributed by atoms with E-state index in [1.807, 2.05) is 44.2 Å². The molecule has 2 N–H and O–H groups in total. The molecule has 1 saturated heterocycles. The quantitative estimate of drug-likeness (QED) is 0.293. The predicted octanol–water partition coefficient (Wildman–Crippen LogP) is 5.36. The molecule has 44 heavy (non-hydrogen) atoms. The van der Waals surface area contributed by atoms with Crippen LogP contribution in [0.5, 0.6) is 0 Å². The zero-order valence-electron chi connectivity index (χ0n) is 24.4. The van der Waals surface area contributed by atoms with Crippen LogP contribution in [-0.2, 0) is 15.0 Å². The van der Waals surface area contributed by atoms with E-state index in [0.717, 1.165) is 28.8 Å². The maximum absolute atomic E-state index is 14.4. The van der Waals surface area contributed by atoms with Gasteiger partial charge in [0.05, 0.1) is 11.9 Å². The summed E-state index contributed by atoms with van der Waals surface area (Å²) in [6.07, 6.45) is 2.84. The van der Waals surface area contributed by atoms with Crippen LogP contribution in [0.3, 0.4) is 0 Å². The summed E-state index contributed by atoms with van der Waals surface area (Å²) >= 11 is 0. The second-order valence-electron chi connectivity index (χ2n) is 11.9. The molecule has 1 fully saturated rings. The fourth-order valence-corrected chi connectivity index (χ4v) is 6.39. The fourth-order valence-electron chi connectivity index (χ4n) is 6.39. The van der Waals surface area contributed by atoms with Gasteiger partial charge < -0.3 is 15.2 Å². The van der Waals surface area contributed by atoms with Gasteiger partial charge in [0.2, 0.25) is 5.91 Å². The molecule has 0 aliphatic carbocycles. The molecule has 1 spiro atoms. The summed E-state index contributed by atoms with van der Waals surface area (Å²) in [5.74, 6) is -2.91. The van der Waals surface area contributed by atoms with Gasteiger partial charge >= 0.3 is 6.17 Å². The second kappa shape index (κ2) is 10.9. The zero-order chi connectivity index (χ0) is 31.3. The first-order valence-electron chi connectivity index (χ1n) is 14.3. The number of aromatic amines is 1. The Labute approximate surface area is 252 Å². The minimum absolute atomic E-state index is 0.000849. The van der Waals surface area contributed by atoms with Crippen LogP contribution in [0.15, 0.2) is 60.9 Å². The monoisotopic (exact) mass is 596 g/mol. The lowest BCUT2D eigenvalue weighted by atomic mass is 9.79. The van der Waals surface area contributed by atoms with Crippen molar-refractivity contribution in [3.63, 3.8) is 0 Å². The van der Waals surface area contributed by atoms with E-state index in [9.17, 15) is 23.2 Å². The summed E-state index contributed by atoms with van der Waals surface area (Å²) in [5, 5.41) is 3.00. The molecule has 2 aliphatic rings. The molecule has 2 aromatic heterocycles. The van der Waals surface area contributed by atoms with Crippen molar-refractivity contribution in [1.29, 1.82) is 0 Å². The first kappa shape index (κ1) is 29.0. The Morgan fingerprint density at radius 1 is 1.14 bits per heavy atom. The molecule has 2 aliphatic heterocycles. The van der Waals surface area contributed by atoms with Crippen molar-refractivity contribution in [2.45, 2.75) is 44.3 Å². The maximum Gasteiger partial charge on any atom is 0.302 e. The fraction of sp³-hybridized carbons (Fsp3) is 0.303. The normalized spacial score (nSPS) is 19.7. The number of halogens is 2. The molecule has 0 bridgehead atoms. The van der Waals surface area contributed by atoms with Crippen LogP contribution in [0.25, 0.3) is 26.9 Å². The van der Waals surface area contributed by atoms with Gasteiger partial charge in [-0.3, -0.25) is 29.1 Å². The summed E-state index contributed by atoms with van der Waals surface area (Å²) in [4.78, 5) is 54.7. The van der Waals surface area contributed by atoms with Crippen LogP contribution >= 0.6 is 0 Å². The number of amides is 3. The molecule has 4 aromatic rings. The van der Waals surface area contributed by atoms with Crippen molar-refractivity contribution >= 4 is 34.3 Å². The topological polar surface area (TPSA) is 103 Å². The Morgan fingerprint density at radius 3 is 2.59 bits per heavy atom. The molecule has 6 rings (SSSR count). The van der Waals surface area contributed by atoms with Crippen molar-refractivity contribution in [3.05, 3.63) is 95.2 Å². The number of nitrogens with one attached hydrogen (secondary N) is 2. The highest BCUT2D eigenvalue weighted by Gasteiger charge is 2.59. The van der Waals surface area contributed by atoms with Crippen LogP contribution < -0.4 is 5.32 Å². The summed E-state index contributed by atoms with van der Waals surface area (Å²) < 4.78 is 28.1. The van der Waals surface area contributed by atoms with E-state index >= 15 is 0 Å². The van der Waals surface area contributed by atoms with Crippen molar-refractivity contribution in [3.8, 4) is 11.1 Å². The van der Waals surface area contributed by atoms with Crippen molar-refractivity contribution in [1.82, 2.24) is 19.8 Å². The largest absolute Gasteiger partial charge is 0.350 e. The highest BCUT2D eigenvalue weighted by atomic mass is 19.1. The third-order valence-electron chi connectivity index (χ3n) is 8.65. The highest BCUT2D eigenvalue weighted by Crippen LogP contribution is 2.48. The number of benzene rings is 2. The number of likely N-dealkylation sites (tertiary alicyclic amines) is 1. The molecule has 9 nitrogen and oxygen atoms in total. The Kier molecular flexibility index (Phi) is 7.16. The molecule has 3 amide bonds. The smallest absolute Gasteiger partial charge is 0.302 e. The minimum Gasteiger partial charge on any atom is -0.350 e. The first-order chi connectivity index (χ1) is 21.0. The third kappa shape index (κ3) is 4.76. The summed E-state index contributed by atoms with van der Waals surface area (Å²) in [7, 11) is 1.48. The number of hydrogen-bond donors (Lipinski definition) is 2. The molecule has 0 unspecified atom stereocenters. The summed E-state index contributed by atoms with van der Waals surface area (Å²) in [6, 6.07) is 11.6. The van der Waals surface area contributed by atoms with E-state index in [1.54, 1.807) is 12.4 Å². The third-order valence-corrected chi connectivity index (χ3v) is 8.65. The van der Waals surface area contributed by atoms with Gasteiger partial charge in [-0.15, -0.1) is 0 Å². The number of fused-ring (bicyclic) bond motifs is 3. The molecule has 3 atom stereocenters. The average molecular weight is 597 g/mol. The number of aromatic nitrogens is 2. The first-order valence-corrected chi connectivity index (χ1v) is 14.3. The van der Waals surface area contributed by atoms with E-state index in [2.05, 4.69) is 20.1 Å². The number of carbonyl (C=O) groups is 3. The van der Waals surface area contributed by atoms with Gasteiger partial charge in [-0.05, 0) is 65.4 Å². The SMILES string of the molecule is [C-]#[N+][C@@H]1C[C@@]2(CN1C(=O)[C@H](CC(C)C)N(C)C(=O)c1cc3c(F)cc(F)cc3[nH]1)C(=O)Nc1ccc(-c3ccncc3)cc12. The Balaban J connectivity index is 1.33. The number of hydrogen-bond acceptors (Lipinski definition) is 4. The zero-order valence-corrected chi connectivity index (χ0v) is 24.4. The van der Waals surface area contributed by atoms with Crippen LogP contribution in [-0.4, -0.2) is 63.3 Å². The van der Waals surface area contributed by atoms with Gasteiger partial charge in [-0.25, -0.2) is 15.4 Å². The number of rotatable bonds is 6. The molecule has 4 heterocycles. The number of anilines is 1. The number of nitrogens with zero attached hydrogens (tertiary/aromatic N) is 4. The van der Waals surface area contributed by atoms with E-state index in [-0.39, 0.29) is 47.8 Å². The molecule has 0 saturated carbocycles. The van der Waals surface area contributed by atoms with Gasteiger partial charge in [0, 0.05) is 43.1 Å². The number of pyridine rings is 1. The van der Waals surface area contributed by atoms with Crippen molar-refractivity contribution < 1.29 is 23.2 Å². The van der Waals surface area contributed by atoms with Crippen LogP contribution in [0, 0.1) is 24.1 Å². The molecule has 11 heteroatoms. The summed E-state index contributed by atoms with van der Waals surface area (Å²) in [6.45, 7) is 11.8. The Hall–Kier alpha value is -5.11. The van der Waals surface area contributed by atoms with Crippen LogP contribution in [0.1, 0.15) is 42.7 Å². The predicted molar refractivity (Wildman–Crippen MR) is 160 cm³/mol. The standard InChI is InChI=1S/C33H30F2N6O3/c1-18(2)11-28(40(4)30(42)27-15-22-24(35)13-21(34)14-26(22)38-27)31(43)41-17-33(16-29(41)36-3)23-12-20(19-7-9-37-10-8-19)5-6-25(23)39-32(33)44/h5-10,12-15,18,28-29,38H,11,16-17H2,1-2,4H3,(H,39,44)/t28-,29-,33-/m0/s1. The number of carbonyl (C=O) groups excluding carboxylic acids is 3. The van der Waals surface area contributed by atoms with Gasteiger partial charge in [0.15, 0.2) is 0 Å². The number of likely N-dealkylation sites (N-methyl/N-ethyl adjacent to an activating group) is 1. The van der Waals surface area contributed by atoms with Gasteiger partial charge in [-0.1, -0.05) is 19.9 Å². The minimum atomic E-state index is -1.13. The van der Waals surface area contributed by atoms with Gasteiger partial charge in [-0.2, -0.15) is 0 Å². The highest BCUT2D eigenvalue weighted by molar-refractivity contribution is 6.08. The lowest BCUT2D eigenvalue weighted by Gasteiger charge is -2.32. The van der Waals surface area contributed by atoms with Gasteiger partial charge in [0.25, 0.3) is 11.8 Å². The second-order valence-corrected chi connectivity index (χ2v) is 11.9. The number of H-pyrrole nitrogens is 1. The molecular formula is C33H30F2N6O3. The van der Waals surface area contributed by atoms with E-state index in [0.29, 0.717) is 5.69 Å². The molecule has 2 aromatic carbocycles. The van der Waals surface area contributed by atoms with Crippen molar-refractivity contribution in [2.24, 2.45) is 5.92 Å². The Morgan fingerprint density at radius 2 is 1.89 bits per heavy atom. The lowest BCUT2D eigenvalue weighted by molar-refractivity contribution is -0.136.